The number of methoxy groups -OCH3 is 1. The van der Waals surface area contributed by atoms with Gasteiger partial charge in [0.15, 0.2) is 5.78 Å². The molecule has 1 fully saturated rings. The van der Waals surface area contributed by atoms with Crippen LogP contribution in [-0.4, -0.2) is 42.6 Å². The summed E-state index contributed by atoms with van der Waals surface area (Å²) in [7, 11) is 1.45. The number of ketones is 1. The first-order chi connectivity index (χ1) is 19.2. The monoisotopic (exact) mass is 583 g/mol. The Bertz CT molecular complexity index is 1350. The van der Waals surface area contributed by atoms with Crippen LogP contribution in [0.3, 0.4) is 0 Å². The van der Waals surface area contributed by atoms with E-state index in [-0.39, 0.29) is 17.7 Å². The molecule has 222 valence electrons. The Hall–Kier alpha value is -3.50. The summed E-state index contributed by atoms with van der Waals surface area (Å²) in [5, 5.41) is 0. The van der Waals surface area contributed by atoms with Crippen molar-refractivity contribution in [2.75, 3.05) is 13.7 Å². The maximum absolute atomic E-state index is 13.4. The van der Waals surface area contributed by atoms with Gasteiger partial charge in [0.05, 0.1) is 25.1 Å². The number of rotatable bonds is 8. The third-order valence-electron chi connectivity index (χ3n) is 7.57. The molecule has 0 saturated carbocycles. The highest BCUT2D eigenvalue weighted by Crippen LogP contribution is 2.41. The Morgan fingerprint density at radius 2 is 1.76 bits per heavy atom. The topological polar surface area (TPSA) is 55.8 Å². The fourth-order valence-electron chi connectivity index (χ4n) is 5.49. The van der Waals surface area contributed by atoms with E-state index in [9.17, 15) is 35.9 Å². The maximum Gasteiger partial charge on any atom is 0.416 e. The van der Waals surface area contributed by atoms with Gasteiger partial charge in [-0.2, -0.15) is 26.3 Å². The minimum Gasteiger partial charge on any atom is -0.496 e. The van der Waals surface area contributed by atoms with Crippen LogP contribution in [0.5, 0.6) is 5.75 Å². The lowest BCUT2D eigenvalue weighted by atomic mass is 9.85. The van der Waals surface area contributed by atoms with E-state index >= 15 is 0 Å². The van der Waals surface area contributed by atoms with Crippen molar-refractivity contribution in [1.29, 1.82) is 0 Å². The number of carbonyl (C=O) groups is 2. The molecule has 4 rings (SSSR count). The van der Waals surface area contributed by atoms with Crippen LogP contribution >= 0.6 is 0 Å². The zero-order chi connectivity index (χ0) is 30.1. The Morgan fingerprint density at radius 1 is 1.05 bits per heavy atom. The molecule has 2 aliphatic rings. The summed E-state index contributed by atoms with van der Waals surface area (Å²) >= 11 is 0. The van der Waals surface area contributed by atoms with Crippen molar-refractivity contribution in [3.05, 3.63) is 69.8 Å². The number of halogens is 6. The number of benzene rings is 2. The summed E-state index contributed by atoms with van der Waals surface area (Å²) in [6.07, 6.45) is -9.57. The van der Waals surface area contributed by atoms with Gasteiger partial charge in [0, 0.05) is 24.1 Å². The highest BCUT2D eigenvalue weighted by molar-refractivity contribution is 5.97. The third kappa shape index (κ3) is 7.05. The van der Waals surface area contributed by atoms with E-state index in [4.69, 9.17) is 9.47 Å². The molecule has 41 heavy (non-hydrogen) atoms. The van der Waals surface area contributed by atoms with Crippen molar-refractivity contribution in [3.8, 4) is 5.75 Å². The molecule has 0 bridgehead atoms. The average Bonchev–Trinajstić information content (AvgIpc) is 3.19. The molecule has 0 N–H and O–H groups in total. The quantitative estimate of drug-likeness (QED) is 0.231. The van der Waals surface area contributed by atoms with E-state index in [2.05, 4.69) is 0 Å². The van der Waals surface area contributed by atoms with Gasteiger partial charge in [-0.05, 0) is 86.6 Å². The number of aryl methyl sites for hydroxylation is 1. The molecule has 11 heteroatoms. The molecule has 1 heterocycles. The summed E-state index contributed by atoms with van der Waals surface area (Å²) in [4.78, 5) is 27.0. The van der Waals surface area contributed by atoms with Crippen LogP contribution in [0, 0.1) is 6.92 Å². The largest absolute Gasteiger partial charge is 0.496 e. The highest BCUT2D eigenvalue weighted by Gasteiger charge is 2.41. The summed E-state index contributed by atoms with van der Waals surface area (Å²) in [6, 6.07) is 7.57. The zero-order valence-corrected chi connectivity index (χ0v) is 22.9. The fourth-order valence-corrected chi connectivity index (χ4v) is 5.49. The number of carbonyl (C=O) groups excluding carboxylic acids is 2. The number of hydrogen-bond donors (Lipinski definition) is 0. The molecule has 2 atom stereocenters. The Balaban J connectivity index is 1.64. The first-order valence-electron chi connectivity index (χ1n) is 13.3. The molecule has 2 aromatic carbocycles. The molecule has 0 aromatic heterocycles. The van der Waals surface area contributed by atoms with Crippen LogP contribution in [0.25, 0.3) is 5.57 Å². The molecule has 1 aliphatic carbocycles. The van der Waals surface area contributed by atoms with Crippen molar-refractivity contribution in [2.45, 2.75) is 76.9 Å². The first kappa shape index (κ1) is 30.5. The highest BCUT2D eigenvalue weighted by atomic mass is 19.4. The third-order valence-corrected chi connectivity index (χ3v) is 7.57. The lowest BCUT2D eigenvalue weighted by Gasteiger charge is -2.28. The second-order valence-corrected chi connectivity index (χ2v) is 10.5. The number of ether oxygens (including phenoxy) is 2. The molecule has 1 amide bonds. The minimum atomic E-state index is -4.55. The fraction of sp³-hybridized carbons (Fsp3) is 0.467. The number of amides is 1. The van der Waals surface area contributed by atoms with E-state index in [1.807, 2.05) is 0 Å². The number of alkyl halides is 6. The lowest BCUT2D eigenvalue weighted by molar-refractivity contribution is -0.137. The molecule has 0 spiro atoms. The van der Waals surface area contributed by atoms with Crippen LogP contribution in [0.1, 0.15) is 84.2 Å². The first-order valence-corrected chi connectivity index (χ1v) is 13.3. The van der Waals surface area contributed by atoms with Crippen LogP contribution in [0.2, 0.25) is 0 Å². The summed E-state index contributed by atoms with van der Waals surface area (Å²) < 4.78 is 89.4. The van der Waals surface area contributed by atoms with E-state index in [1.165, 1.54) is 24.1 Å². The van der Waals surface area contributed by atoms with Crippen molar-refractivity contribution < 1.29 is 45.4 Å². The smallest absolute Gasteiger partial charge is 0.416 e. The van der Waals surface area contributed by atoms with E-state index in [1.54, 1.807) is 26.0 Å². The molecular formula is C30H31F6NO4. The van der Waals surface area contributed by atoms with Gasteiger partial charge in [-0.3, -0.25) is 9.69 Å². The van der Waals surface area contributed by atoms with Gasteiger partial charge < -0.3 is 9.47 Å². The molecule has 0 radical (unpaired) electrons. The van der Waals surface area contributed by atoms with Crippen molar-refractivity contribution >= 4 is 17.4 Å². The zero-order valence-electron chi connectivity index (χ0n) is 22.9. The van der Waals surface area contributed by atoms with Crippen LogP contribution in [0.4, 0.5) is 31.1 Å². The number of hydrogen-bond acceptors (Lipinski definition) is 4. The molecule has 2 aromatic rings. The van der Waals surface area contributed by atoms with E-state index < -0.39 is 54.8 Å². The van der Waals surface area contributed by atoms with E-state index in [0.29, 0.717) is 29.7 Å². The van der Waals surface area contributed by atoms with Gasteiger partial charge in [0.1, 0.15) is 11.9 Å². The predicted molar refractivity (Wildman–Crippen MR) is 140 cm³/mol. The molecule has 0 unspecified atom stereocenters. The van der Waals surface area contributed by atoms with Gasteiger partial charge in [-0.1, -0.05) is 11.6 Å². The van der Waals surface area contributed by atoms with Gasteiger partial charge in [0.2, 0.25) is 0 Å². The molecule has 1 saturated heterocycles. The molecule has 5 nitrogen and oxygen atoms in total. The predicted octanol–water partition coefficient (Wildman–Crippen LogP) is 8.46. The Kier molecular flexibility index (Phi) is 8.75. The molecule has 1 aliphatic heterocycles. The Labute approximate surface area is 234 Å². The van der Waals surface area contributed by atoms with Crippen molar-refractivity contribution in [2.24, 2.45) is 0 Å². The lowest BCUT2D eigenvalue weighted by Crippen LogP contribution is -2.34. The summed E-state index contributed by atoms with van der Waals surface area (Å²) in [6.45, 7) is 3.42. The van der Waals surface area contributed by atoms with Gasteiger partial charge in [-0.15, -0.1) is 0 Å². The average molecular weight is 584 g/mol. The minimum absolute atomic E-state index is 0.136. The van der Waals surface area contributed by atoms with Crippen LogP contribution < -0.4 is 4.74 Å². The van der Waals surface area contributed by atoms with Gasteiger partial charge in [-0.25, -0.2) is 4.79 Å². The molecular weight excluding hydrogens is 552 g/mol. The normalized spacial score (nSPS) is 19.9. The van der Waals surface area contributed by atoms with Gasteiger partial charge >= 0.3 is 18.4 Å². The number of allylic oxidation sites excluding steroid dienone is 1. The summed E-state index contributed by atoms with van der Waals surface area (Å²) in [5.41, 5.74) is 2.25. The standard InChI is InChI=1S/C30H31F6NO4/c1-17-12-21(14-22(13-17)30(34,35)36)27-18(2)37(28(39)41-27)16-20-6-4-5-7-23(20)24-15-19(8-9-26(24)40-3)25(38)10-11-29(31,32)33/h8-9,12-15,18,27H,4-7,10-11,16H2,1-3H3/t18-,27-/m0/s1. The number of cyclic esters (lactones) is 1. The van der Waals surface area contributed by atoms with Gasteiger partial charge in [0.25, 0.3) is 0 Å². The Morgan fingerprint density at radius 3 is 2.41 bits per heavy atom. The van der Waals surface area contributed by atoms with Crippen molar-refractivity contribution in [1.82, 2.24) is 4.90 Å². The van der Waals surface area contributed by atoms with Crippen LogP contribution in [-0.2, 0) is 10.9 Å². The maximum atomic E-state index is 13.4. The SMILES string of the molecule is COc1ccc(C(=O)CCC(F)(F)F)cc1C1=C(CN2C(=O)O[C@H](c3cc(C)cc(C(F)(F)F)c3)[C@@H]2C)CCCC1. The second kappa shape index (κ2) is 11.8. The van der Waals surface area contributed by atoms with Crippen molar-refractivity contribution in [3.63, 3.8) is 0 Å². The number of Topliss-reactive ketones (excluding diaryl/α,β-unsaturated/α-hetero) is 1. The second-order valence-electron chi connectivity index (χ2n) is 10.5. The summed E-state index contributed by atoms with van der Waals surface area (Å²) in [5.74, 6) is -0.193. The number of nitrogens with zero attached hydrogens (tertiary/aromatic N) is 1. The van der Waals surface area contributed by atoms with E-state index in [0.717, 1.165) is 36.1 Å². The van der Waals surface area contributed by atoms with Crippen LogP contribution in [0.15, 0.2) is 42.0 Å².